The van der Waals surface area contributed by atoms with Gasteiger partial charge < -0.3 is 10.1 Å². The third-order valence-corrected chi connectivity index (χ3v) is 4.27. The maximum Gasteiger partial charge on any atom is 0.255 e. The molecule has 3 aromatic rings. The minimum absolute atomic E-state index is 0.180. The number of rotatable bonds is 7. The fourth-order valence-corrected chi connectivity index (χ4v) is 2.71. The summed E-state index contributed by atoms with van der Waals surface area (Å²) >= 11 is 0. The first-order valence-corrected chi connectivity index (χ1v) is 8.78. The van der Waals surface area contributed by atoms with E-state index in [2.05, 4.69) is 27.4 Å². The van der Waals surface area contributed by atoms with Crippen molar-refractivity contribution < 1.29 is 9.53 Å². The highest BCUT2D eigenvalue weighted by molar-refractivity contribution is 6.04. The van der Waals surface area contributed by atoms with Crippen molar-refractivity contribution >= 4 is 11.6 Å². The van der Waals surface area contributed by atoms with E-state index in [1.54, 1.807) is 30.3 Å². The summed E-state index contributed by atoms with van der Waals surface area (Å²) in [6, 6.07) is 14.9. The molecule has 1 aliphatic carbocycles. The number of tetrazole rings is 1. The van der Waals surface area contributed by atoms with Crippen LogP contribution in [0.2, 0.25) is 0 Å². The predicted octanol–water partition coefficient (Wildman–Crippen LogP) is 3.49. The molecule has 1 fully saturated rings. The number of nitrogens with one attached hydrogen (secondary N) is 1. The van der Waals surface area contributed by atoms with Crippen molar-refractivity contribution in [1.29, 1.82) is 0 Å². The van der Waals surface area contributed by atoms with Crippen molar-refractivity contribution in [2.45, 2.75) is 18.9 Å². The number of amides is 1. The summed E-state index contributed by atoms with van der Waals surface area (Å²) in [5.74, 6) is 1.27. The number of carbonyl (C=O) groups is 1. The SMILES string of the molecule is C=CCOc1ccc(C(=O)Nc2ccc(-c3nnnn3C3CC3)cc2)cc1. The lowest BCUT2D eigenvalue weighted by Crippen LogP contribution is -2.11. The van der Waals surface area contributed by atoms with Gasteiger partial charge in [0.25, 0.3) is 5.91 Å². The van der Waals surface area contributed by atoms with E-state index in [1.165, 1.54) is 0 Å². The zero-order chi connectivity index (χ0) is 18.6. The molecular formula is C20H19N5O2. The van der Waals surface area contributed by atoms with Crippen molar-refractivity contribution in [1.82, 2.24) is 20.2 Å². The minimum Gasteiger partial charge on any atom is -0.490 e. The van der Waals surface area contributed by atoms with E-state index in [9.17, 15) is 4.79 Å². The van der Waals surface area contributed by atoms with Gasteiger partial charge in [0.05, 0.1) is 6.04 Å². The Morgan fingerprint density at radius 3 is 2.59 bits per heavy atom. The minimum atomic E-state index is -0.180. The molecule has 1 N–H and O–H groups in total. The Kier molecular flexibility index (Phi) is 4.65. The molecule has 7 heteroatoms. The first-order valence-electron chi connectivity index (χ1n) is 8.78. The lowest BCUT2D eigenvalue weighted by atomic mass is 10.1. The van der Waals surface area contributed by atoms with Crippen LogP contribution >= 0.6 is 0 Å². The van der Waals surface area contributed by atoms with Crippen LogP contribution in [0.1, 0.15) is 29.2 Å². The Labute approximate surface area is 156 Å². The average Bonchev–Trinajstić information content (AvgIpc) is 3.44. The Bertz CT molecular complexity index is 943. The molecule has 0 spiro atoms. The van der Waals surface area contributed by atoms with E-state index in [-0.39, 0.29) is 5.91 Å². The number of benzene rings is 2. The molecule has 0 atom stereocenters. The zero-order valence-electron chi connectivity index (χ0n) is 14.7. The molecule has 1 saturated carbocycles. The van der Waals surface area contributed by atoms with Crippen molar-refractivity contribution in [3.63, 3.8) is 0 Å². The molecule has 1 aliphatic rings. The van der Waals surface area contributed by atoms with Crippen LogP contribution in [0.5, 0.6) is 5.75 Å². The number of anilines is 1. The molecule has 0 unspecified atom stereocenters. The molecular weight excluding hydrogens is 342 g/mol. The van der Waals surface area contributed by atoms with Crippen LogP contribution in [0.3, 0.4) is 0 Å². The first kappa shape index (κ1) is 17.0. The molecule has 136 valence electrons. The summed E-state index contributed by atoms with van der Waals surface area (Å²) in [7, 11) is 0. The van der Waals surface area contributed by atoms with Gasteiger partial charge in [-0.2, -0.15) is 0 Å². The summed E-state index contributed by atoms with van der Waals surface area (Å²) in [4.78, 5) is 12.4. The van der Waals surface area contributed by atoms with E-state index in [4.69, 9.17) is 4.74 Å². The molecule has 1 aromatic heterocycles. The van der Waals surface area contributed by atoms with Crippen molar-refractivity contribution in [3.8, 4) is 17.1 Å². The fourth-order valence-electron chi connectivity index (χ4n) is 2.71. The Hall–Kier alpha value is -3.48. The summed E-state index contributed by atoms with van der Waals surface area (Å²) in [5.41, 5.74) is 2.19. The van der Waals surface area contributed by atoms with Gasteiger partial charge in [-0.1, -0.05) is 12.7 Å². The molecule has 0 radical (unpaired) electrons. The smallest absolute Gasteiger partial charge is 0.255 e. The molecule has 0 aliphatic heterocycles. The van der Waals surface area contributed by atoms with Crippen molar-refractivity contribution in [2.24, 2.45) is 0 Å². The van der Waals surface area contributed by atoms with Gasteiger partial charge >= 0.3 is 0 Å². The molecule has 4 rings (SSSR count). The molecule has 2 aromatic carbocycles. The van der Waals surface area contributed by atoms with Gasteiger partial charge in [-0.15, -0.1) is 5.10 Å². The molecule has 0 saturated heterocycles. The van der Waals surface area contributed by atoms with E-state index < -0.39 is 0 Å². The predicted molar refractivity (Wildman–Crippen MR) is 102 cm³/mol. The Balaban J connectivity index is 1.42. The van der Waals surface area contributed by atoms with Crippen LogP contribution in [-0.4, -0.2) is 32.7 Å². The number of carbonyl (C=O) groups excluding carboxylic acids is 1. The topological polar surface area (TPSA) is 81.9 Å². The van der Waals surface area contributed by atoms with Crippen LogP contribution < -0.4 is 10.1 Å². The first-order chi connectivity index (χ1) is 13.2. The van der Waals surface area contributed by atoms with E-state index in [0.717, 1.165) is 24.2 Å². The number of hydrogen-bond acceptors (Lipinski definition) is 5. The molecule has 0 bridgehead atoms. The van der Waals surface area contributed by atoms with Crippen LogP contribution in [0.4, 0.5) is 5.69 Å². The van der Waals surface area contributed by atoms with E-state index >= 15 is 0 Å². The second-order valence-corrected chi connectivity index (χ2v) is 6.33. The summed E-state index contributed by atoms with van der Waals surface area (Å²) in [6.07, 6.45) is 3.90. The monoisotopic (exact) mass is 361 g/mol. The molecule has 1 amide bonds. The summed E-state index contributed by atoms with van der Waals surface area (Å²) in [5, 5.41) is 14.8. The maximum atomic E-state index is 12.4. The largest absolute Gasteiger partial charge is 0.490 e. The average molecular weight is 361 g/mol. The molecule has 1 heterocycles. The highest BCUT2D eigenvalue weighted by atomic mass is 16.5. The lowest BCUT2D eigenvalue weighted by Gasteiger charge is -2.08. The maximum absolute atomic E-state index is 12.4. The lowest BCUT2D eigenvalue weighted by molar-refractivity contribution is 0.102. The highest BCUT2D eigenvalue weighted by Crippen LogP contribution is 2.36. The van der Waals surface area contributed by atoms with E-state index in [1.807, 2.05) is 28.9 Å². The third kappa shape index (κ3) is 3.87. The molecule has 27 heavy (non-hydrogen) atoms. The van der Waals surface area contributed by atoms with Gasteiger partial charge in [-0.25, -0.2) is 4.68 Å². The van der Waals surface area contributed by atoms with E-state index in [0.29, 0.717) is 29.6 Å². The van der Waals surface area contributed by atoms with Crippen LogP contribution in [-0.2, 0) is 0 Å². The van der Waals surface area contributed by atoms with Crippen LogP contribution in [0, 0.1) is 0 Å². The van der Waals surface area contributed by atoms with Gasteiger partial charge in [0.2, 0.25) is 0 Å². The quantitative estimate of drug-likeness (QED) is 0.652. The molecule has 7 nitrogen and oxygen atoms in total. The van der Waals surface area contributed by atoms with Crippen LogP contribution in [0.25, 0.3) is 11.4 Å². The zero-order valence-corrected chi connectivity index (χ0v) is 14.7. The van der Waals surface area contributed by atoms with Gasteiger partial charge in [-0.3, -0.25) is 4.79 Å². The normalized spacial score (nSPS) is 13.2. The van der Waals surface area contributed by atoms with Gasteiger partial charge in [0.15, 0.2) is 5.82 Å². The van der Waals surface area contributed by atoms with Crippen molar-refractivity contribution in [2.75, 3.05) is 11.9 Å². The number of hydrogen-bond donors (Lipinski definition) is 1. The van der Waals surface area contributed by atoms with Crippen molar-refractivity contribution in [3.05, 3.63) is 66.7 Å². The van der Waals surface area contributed by atoms with Gasteiger partial charge in [0.1, 0.15) is 12.4 Å². The summed E-state index contributed by atoms with van der Waals surface area (Å²) < 4.78 is 7.28. The second kappa shape index (κ2) is 7.41. The standard InChI is InChI=1S/C20H19N5O2/c1-2-13-27-18-11-5-15(6-12-18)20(26)21-16-7-3-14(4-8-16)19-22-23-24-25(19)17-9-10-17/h2-8,11-12,17H,1,9-10,13H2,(H,21,26). The third-order valence-electron chi connectivity index (χ3n) is 4.27. The number of aromatic nitrogens is 4. The number of ether oxygens (including phenoxy) is 1. The number of nitrogens with zero attached hydrogens (tertiary/aromatic N) is 4. The Morgan fingerprint density at radius 1 is 1.19 bits per heavy atom. The Morgan fingerprint density at radius 2 is 1.93 bits per heavy atom. The van der Waals surface area contributed by atoms with Gasteiger partial charge in [-0.05, 0) is 71.8 Å². The van der Waals surface area contributed by atoms with Gasteiger partial charge in [0, 0.05) is 16.8 Å². The second-order valence-electron chi connectivity index (χ2n) is 6.33. The fraction of sp³-hybridized carbons (Fsp3) is 0.200. The highest BCUT2D eigenvalue weighted by Gasteiger charge is 2.28. The summed E-state index contributed by atoms with van der Waals surface area (Å²) in [6.45, 7) is 4.04. The van der Waals surface area contributed by atoms with Crippen LogP contribution in [0.15, 0.2) is 61.2 Å².